The number of carbonyl (C=O) groups is 1. The van der Waals surface area contributed by atoms with Crippen LogP contribution in [-0.4, -0.2) is 23.5 Å². The van der Waals surface area contributed by atoms with Crippen LogP contribution in [0.2, 0.25) is 0 Å². The molecule has 0 bridgehead atoms. The number of aromatic nitrogens is 1. The van der Waals surface area contributed by atoms with Crippen molar-refractivity contribution in [2.24, 2.45) is 0 Å². The predicted molar refractivity (Wildman–Crippen MR) is 99.0 cm³/mol. The van der Waals surface area contributed by atoms with Crippen molar-refractivity contribution in [1.82, 2.24) is 10.3 Å². The van der Waals surface area contributed by atoms with Gasteiger partial charge < -0.3 is 15.0 Å². The molecule has 1 unspecified atom stereocenters. The zero-order valence-electron chi connectivity index (χ0n) is 14.6. The highest BCUT2D eigenvalue weighted by Gasteiger charge is 2.26. The van der Waals surface area contributed by atoms with Gasteiger partial charge in [0.25, 0.3) is 5.91 Å². The Morgan fingerprint density at radius 1 is 1.20 bits per heavy atom. The van der Waals surface area contributed by atoms with E-state index in [2.05, 4.69) is 34.6 Å². The van der Waals surface area contributed by atoms with E-state index in [4.69, 9.17) is 4.74 Å². The van der Waals surface area contributed by atoms with Crippen molar-refractivity contribution in [2.75, 3.05) is 6.61 Å². The van der Waals surface area contributed by atoms with Gasteiger partial charge in [-0.2, -0.15) is 0 Å². The Bertz CT molecular complexity index is 942. The fourth-order valence-electron chi connectivity index (χ4n) is 3.70. The van der Waals surface area contributed by atoms with Gasteiger partial charge in [-0.15, -0.1) is 0 Å². The molecule has 4 rings (SSSR count). The van der Waals surface area contributed by atoms with Gasteiger partial charge in [-0.05, 0) is 43.5 Å². The standard InChI is InChI=1S/C21H22N2O2/c1-13-7-8-20(14(2)9-13)25-12-21(24)22-15-10-17-16-5-3-4-6-18(16)23-19(17)11-15/h3-9,15,23H,10-12H2,1-2H3,(H,22,24). The Balaban J connectivity index is 1.35. The fourth-order valence-corrected chi connectivity index (χ4v) is 3.70. The van der Waals surface area contributed by atoms with Gasteiger partial charge in [0.05, 0.1) is 0 Å². The fraction of sp³-hybridized carbons (Fsp3) is 0.286. The van der Waals surface area contributed by atoms with Crippen LogP contribution < -0.4 is 10.1 Å². The number of nitrogens with one attached hydrogen (secondary N) is 2. The third-order valence-corrected chi connectivity index (χ3v) is 4.86. The van der Waals surface area contributed by atoms with E-state index in [1.165, 1.54) is 27.7 Å². The van der Waals surface area contributed by atoms with E-state index >= 15 is 0 Å². The molecule has 0 spiro atoms. The Labute approximate surface area is 147 Å². The molecule has 1 heterocycles. The van der Waals surface area contributed by atoms with Gasteiger partial charge in [0, 0.05) is 29.1 Å². The van der Waals surface area contributed by atoms with Gasteiger partial charge in [0.15, 0.2) is 6.61 Å². The zero-order chi connectivity index (χ0) is 17.4. The normalized spacial score (nSPS) is 16.0. The molecular formula is C21H22N2O2. The maximum atomic E-state index is 12.2. The third-order valence-electron chi connectivity index (χ3n) is 4.86. The molecule has 0 saturated carbocycles. The second kappa shape index (κ2) is 6.28. The van der Waals surface area contributed by atoms with Crippen molar-refractivity contribution < 1.29 is 9.53 Å². The number of carbonyl (C=O) groups excluding carboxylic acids is 1. The Morgan fingerprint density at radius 2 is 2.04 bits per heavy atom. The van der Waals surface area contributed by atoms with Crippen LogP contribution in [0.5, 0.6) is 5.75 Å². The van der Waals surface area contributed by atoms with E-state index in [9.17, 15) is 4.79 Å². The molecule has 0 fully saturated rings. The van der Waals surface area contributed by atoms with E-state index in [-0.39, 0.29) is 18.6 Å². The lowest BCUT2D eigenvalue weighted by atomic mass is 10.1. The maximum absolute atomic E-state index is 12.2. The van der Waals surface area contributed by atoms with Crippen LogP contribution in [-0.2, 0) is 17.6 Å². The summed E-state index contributed by atoms with van der Waals surface area (Å²) in [4.78, 5) is 15.7. The van der Waals surface area contributed by atoms with Crippen LogP contribution >= 0.6 is 0 Å². The molecule has 0 saturated heterocycles. The molecule has 128 valence electrons. The third kappa shape index (κ3) is 3.12. The first-order valence-electron chi connectivity index (χ1n) is 8.68. The highest BCUT2D eigenvalue weighted by atomic mass is 16.5. The number of amides is 1. The Morgan fingerprint density at radius 3 is 2.88 bits per heavy atom. The molecule has 0 aliphatic heterocycles. The minimum Gasteiger partial charge on any atom is -0.484 e. The summed E-state index contributed by atoms with van der Waals surface area (Å²) < 4.78 is 5.67. The number of aromatic amines is 1. The molecule has 1 amide bonds. The van der Waals surface area contributed by atoms with Gasteiger partial charge >= 0.3 is 0 Å². The average molecular weight is 334 g/mol. The first-order chi connectivity index (χ1) is 12.1. The first kappa shape index (κ1) is 15.8. The van der Waals surface area contributed by atoms with E-state index in [1.54, 1.807) is 0 Å². The summed E-state index contributed by atoms with van der Waals surface area (Å²) in [5.41, 5.74) is 5.98. The highest BCUT2D eigenvalue weighted by molar-refractivity contribution is 5.86. The number of H-pyrrole nitrogens is 1. The van der Waals surface area contributed by atoms with Crippen molar-refractivity contribution in [2.45, 2.75) is 32.7 Å². The van der Waals surface area contributed by atoms with Crippen LogP contribution in [0.4, 0.5) is 0 Å². The molecule has 25 heavy (non-hydrogen) atoms. The lowest BCUT2D eigenvalue weighted by Gasteiger charge is -2.14. The minimum atomic E-state index is -0.0700. The van der Waals surface area contributed by atoms with Crippen molar-refractivity contribution in [3.8, 4) is 5.75 Å². The van der Waals surface area contributed by atoms with Crippen molar-refractivity contribution in [1.29, 1.82) is 0 Å². The largest absolute Gasteiger partial charge is 0.484 e. The number of para-hydroxylation sites is 1. The Hall–Kier alpha value is -2.75. The molecule has 0 radical (unpaired) electrons. The van der Waals surface area contributed by atoms with E-state index in [0.29, 0.717) is 0 Å². The van der Waals surface area contributed by atoms with E-state index in [0.717, 1.165) is 24.2 Å². The summed E-state index contributed by atoms with van der Waals surface area (Å²) in [6.45, 7) is 4.09. The van der Waals surface area contributed by atoms with Crippen molar-refractivity contribution >= 4 is 16.8 Å². The monoisotopic (exact) mass is 334 g/mol. The summed E-state index contributed by atoms with van der Waals surface area (Å²) in [5, 5.41) is 4.36. The summed E-state index contributed by atoms with van der Waals surface area (Å²) in [6.07, 6.45) is 1.72. The van der Waals surface area contributed by atoms with Gasteiger partial charge in [-0.1, -0.05) is 35.9 Å². The van der Waals surface area contributed by atoms with Crippen LogP contribution in [0.15, 0.2) is 42.5 Å². The number of hydrogen-bond acceptors (Lipinski definition) is 2. The van der Waals surface area contributed by atoms with Crippen molar-refractivity contribution in [3.05, 3.63) is 64.8 Å². The summed E-state index contributed by atoms with van der Waals surface area (Å²) in [5.74, 6) is 0.697. The summed E-state index contributed by atoms with van der Waals surface area (Å²) in [7, 11) is 0. The second-order valence-corrected chi connectivity index (χ2v) is 6.86. The van der Waals surface area contributed by atoms with Gasteiger partial charge in [-0.3, -0.25) is 4.79 Å². The molecule has 2 aromatic carbocycles. The number of ether oxygens (including phenoxy) is 1. The van der Waals surface area contributed by atoms with Crippen LogP contribution in [0.3, 0.4) is 0 Å². The van der Waals surface area contributed by atoms with Crippen molar-refractivity contribution in [3.63, 3.8) is 0 Å². The molecule has 1 aliphatic rings. The second-order valence-electron chi connectivity index (χ2n) is 6.86. The molecule has 4 nitrogen and oxygen atoms in total. The summed E-state index contributed by atoms with van der Waals surface area (Å²) >= 11 is 0. The topological polar surface area (TPSA) is 54.1 Å². The SMILES string of the molecule is Cc1ccc(OCC(=O)NC2Cc3[nH]c4ccccc4c3C2)c(C)c1. The smallest absolute Gasteiger partial charge is 0.258 e. The number of aryl methyl sites for hydroxylation is 2. The quantitative estimate of drug-likeness (QED) is 0.768. The van der Waals surface area contributed by atoms with Gasteiger partial charge in [0.1, 0.15) is 5.75 Å². The zero-order valence-corrected chi connectivity index (χ0v) is 14.6. The maximum Gasteiger partial charge on any atom is 0.258 e. The number of fused-ring (bicyclic) bond motifs is 3. The lowest BCUT2D eigenvalue weighted by Crippen LogP contribution is -2.38. The molecule has 1 aromatic heterocycles. The molecule has 3 aromatic rings. The number of benzene rings is 2. The lowest BCUT2D eigenvalue weighted by molar-refractivity contribution is -0.123. The van der Waals surface area contributed by atoms with E-state index in [1.807, 2.05) is 32.0 Å². The van der Waals surface area contributed by atoms with Crippen LogP contribution in [0.1, 0.15) is 22.4 Å². The van der Waals surface area contributed by atoms with E-state index < -0.39 is 0 Å². The predicted octanol–water partition coefficient (Wildman–Crippen LogP) is 3.45. The first-order valence-corrected chi connectivity index (χ1v) is 8.68. The minimum absolute atomic E-state index is 0.0507. The average Bonchev–Trinajstić information content (AvgIpc) is 3.11. The molecular weight excluding hydrogens is 312 g/mol. The van der Waals surface area contributed by atoms with Crippen LogP contribution in [0.25, 0.3) is 10.9 Å². The highest BCUT2D eigenvalue weighted by Crippen LogP contribution is 2.29. The molecule has 1 atom stereocenters. The van der Waals surface area contributed by atoms with Gasteiger partial charge in [0.2, 0.25) is 0 Å². The van der Waals surface area contributed by atoms with Crippen LogP contribution in [0, 0.1) is 13.8 Å². The molecule has 1 aliphatic carbocycles. The summed E-state index contributed by atoms with van der Waals surface area (Å²) in [6, 6.07) is 14.4. The van der Waals surface area contributed by atoms with Gasteiger partial charge in [-0.25, -0.2) is 0 Å². The molecule has 2 N–H and O–H groups in total. The Kier molecular flexibility index (Phi) is 3.96. The molecule has 4 heteroatoms. The number of hydrogen-bond donors (Lipinski definition) is 2. The number of rotatable bonds is 4.